The Morgan fingerprint density at radius 1 is 1.75 bits per heavy atom. The minimum atomic E-state index is 0.813. The van der Waals surface area contributed by atoms with Crippen molar-refractivity contribution in [3.63, 3.8) is 0 Å². The van der Waals surface area contributed by atoms with Crippen LogP contribution in [0.25, 0.3) is 0 Å². The molecule has 12 heavy (non-hydrogen) atoms. The van der Waals surface area contributed by atoms with Gasteiger partial charge in [-0.15, -0.1) is 0 Å². The molecule has 1 atom stereocenters. The topological polar surface area (TPSA) is 31.9 Å². The van der Waals surface area contributed by atoms with E-state index in [2.05, 4.69) is 21.8 Å². The summed E-state index contributed by atoms with van der Waals surface area (Å²) in [6, 6.07) is 0.813. The zero-order valence-electron chi connectivity index (χ0n) is 7.45. The highest BCUT2D eigenvalue weighted by Gasteiger charge is 2.25. The monoisotopic (exact) mass is 165 g/mol. The van der Waals surface area contributed by atoms with Crippen molar-refractivity contribution in [3.05, 3.63) is 18.2 Å². The molecule has 1 saturated heterocycles. The van der Waals surface area contributed by atoms with E-state index in [1.165, 1.54) is 25.1 Å². The Balaban J connectivity index is 1.88. The number of rotatable bonds is 3. The van der Waals surface area contributed by atoms with Crippen LogP contribution in [0.3, 0.4) is 0 Å². The summed E-state index contributed by atoms with van der Waals surface area (Å²) in [5.74, 6) is 0. The van der Waals surface area contributed by atoms with Crippen LogP contribution in [-0.2, 0) is 6.54 Å². The van der Waals surface area contributed by atoms with E-state index in [0.717, 1.165) is 12.6 Å². The van der Waals surface area contributed by atoms with Gasteiger partial charge in [-0.05, 0) is 12.8 Å². The van der Waals surface area contributed by atoms with Gasteiger partial charge in [0.2, 0.25) is 0 Å². The highest BCUT2D eigenvalue weighted by Crippen LogP contribution is 2.21. The summed E-state index contributed by atoms with van der Waals surface area (Å²) in [4.78, 5) is 9.62. The van der Waals surface area contributed by atoms with E-state index < -0.39 is 0 Å². The number of imidazole rings is 1. The van der Waals surface area contributed by atoms with Crippen molar-refractivity contribution in [2.75, 3.05) is 6.54 Å². The molecule has 0 saturated carbocycles. The SMILES string of the molecule is CCC1CCN1Cc1cnc[nH]1. The maximum Gasteiger partial charge on any atom is 0.0922 e. The molecule has 1 aliphatic rings. The number of aromatic amines is 1. The van der Waals surface area contributed by atoms with Crippen LogP contribution in [0.4, 0.5) is 0 Å². The normalized spacial score (nSPS) is 23.9. The minimum Gasteiger partial charge on any atom is -0.347 e. The van der Waals surface area contributed by atoms with Gasteiger partial charge in [0.05, 0.1) is 6.33 Å². The summed E-state index contributed by atoms with van der Waals surface area (Å²) in [6.45, 7) is 4.54. The van der Waals surface area contributed by atoms with Gasteiger partial charge in [0.25, 0.3) is 0 Å². The maximum atomic E-state index is 4.00. The molecule has 0 aromatic carbocycles. The lowest BCUT2D eigenvalue weighted by Crippen LogP contribution is -2.46. The van der Waals surface area contributed by atoms with Gasteiger partial charge in [0.1, 0.15) is 0 Å². The number of nitrogens with one attached hydrogen (secondary N) is 1. The number of hydrogen-bond acceptors (Lipinski definition) is 2. The van der Waals surface area contributed by atoms with E-state index in [-0.39, 0.29) is 0 Å². The van der Waals surface area contributed by atoms with Crippen molar-refractivity contribution in [2.45, 2.75) is 32.4 Å². The Hall–Kier alpha value is -0.830. The molecule has 2 heterocycles. The molecule has 1 unspecified atom stereocenters. The highest BCUT2D eigenvalue weighted by atomic mass is 15.2. The molecule has 1 aromatic heterocycles. The smallest absolute Gasteiger partial charge is 0.0922 e. The lowest BCUT2D eigenvalue weighted by Gasteiger charge is -2.40. The van der Waals surface area contributed by atoms with E-state index >= 15 is 0 Å². The van der Waals surface area contributed by atoms with Crippen LogP contribution in [0.15, 0.2) is 12.5 Å². The fourth-order valence-corrected chi connectivity index (χ4v) is 1.75. The standard InChI is InChI=1S/C9H15N3/c1-2-9-3-4-12(9)6-8-5-10-7-11-8/h5,7,9H,2-4,6H2,1H3,(H,10,11). The molecule has 1 aromatic rings. The van der Waals surface area contributed by atoms with Gasteiger partial charge >= 0.3 is 0 Å². The Bertz CT molecular complexity index is 228. The lowest BCUT2D eigenvalue weighted by atomic mass is 10.0. The summed E-state index contributed by atoms with van der Waals surface area (Å²) in [6.07, 6.45) is 6.29. The predicted molar refractivity (Wildman–Crippen MR) is 47.7 cm³/mol. The average Bonchev–Trinajstić information content (AvgIpc) is 2.51. The van der Waals surface area contributed by atoms with Crippen LogP contribution in [0.2, 0.25) is 0 Å². The van der Waals surface area contributed by atoms with Crippen molar-refractivity contribution in [2.24, 2.45) is 0 Å². The second kappa shape index (κ2) is 3.27. The molecular formula is C9H15N3. The van der Waals surface area contributed by atoms with Crippen LogP contribution < -0.4 is 0 Å². The zero-order valence-corrected chi connectivity index (χ0v) is 7.45. The first-order valence-electron chi connectivity index (χ1n) is 4.61. The van der Waals surface area contributed by atoms with E-state index in [1.807, 2.05) is 6.20 Å². The van der Waals surface area contributed by atoms with Gasteiger partial charge < -0.3 is 4.98 Å². The Labute approximate surface area is 72.8 Å². The van der Waals surface area contributed by atoms with Gasteiger partial charge in [-0.25, -0.2) is 4.98 Å². The first-order valence-corrected chi connectivity index (χ1v) is 4.61. The molecule has 2 rings (SSSR count). The van der Waals surface area contributed by atoms with E-state index in [9.17, 15) is 0 Å². The third kappa shape index (κ3) is 1.37. The maximum absolute atomic E-state index is 4.00. The highest BCUT2D eigenvalue weighted by molar-refractivity contribution is 4.96. The molecular weight excluding hydrogens is 150 g/mol. The van der Waals surface area contributed by atoms with Crippen molar-refractivity contribution < 1.29 is 0 Å². The van der Waals surface area contributed by atoms with Gasteiger partial charge in [0, 0.05) is 31.0 Å². The molecule has 0 aliphatic carbocycles. The van der Waals surface area contributed by atoms with Crippen LogP contribution in [0.1, 0.15) is 25.5 Å². The first-order chi connectivity index (χ1) is 5.90. The Morgan fingerprint density at radius 3 is 3.17 bits per heavy atom. The number of likely N-dealkylation sites (tertiary alicyclic amines) is 1. The molecule has 0 radical (unpaired) electrons. The van der Waals surface area contributed by atoms with Crippen LogP contribution in [0, 0.1) is 0 Å². The molecule has 0 bridgehead atoms. The second-order valence-corrected chi connectivity index (χ2v) is 3.40. The van der Waals surface area contributed by atoms with E-state index in [4.69, 9.17) is 0 Å². The predicted octanol–water partition coefficient (Wildman–Crippen LogP) is 1.39. The summed E-state index contributed by atoms with van der Waals surface area (Å²) in [7, 11) is 0. The van der Waals surface area contributed by atoms with Crippen LogP contribution in [-0.4, -0.2) is 27.5 Å². The molecule has 1 N–H and O–H groups in total. The summed E-state index contributed by atoms with van der Waals surface area (Å²) >= 11 is 0. The molecule has 3 nitrogen and oxygen atoms in total. The van der Waals surface area contributed by atoms with Gasteiger partial charge in [-0.3, -0.25) is 4.90 Å². The first kappa shape index (κ1) is 7.80. The molecule has 3 heteroatoms. The van der Waals surface area contributed by atoms with Crippen molar-refractivity contribution >= 4 is 0 Å². The number of H-pyrrole nitrogens is 1. The minimum absolute atomic E-state index is 0.813. The largest absolute Gasteiger partial charge is 0.347 e. The van der Waals surface area contributed by atoms with E-state index in [0.29, 0.717) is 0 Å². The van der Waals surface area contributed by atoms with Gasteiger partial charge in [-0.1, -0.05) is 6.92 Å². The number of nitrogens with zero attached hydrogens (tertiary/aromatic N) is 2. The third-order valence-corrected chi connectivity index (χ3v) is 2.67. The van der Waals surface area contributed by atoms with Gasteiger partial charge in [-0.2, -0.15) is 0 Å². The molecule has 0 amide bonds. The summed E-state index contributed by atoms with van der Waals surface area (Å²) < 4.78 is 0. The number of hydrogen-bond donors (Lipinski definition) is 1. The quantitative estimate of drug-likeness (QED) is 0.734. The number of aromatic nitrogens is 2. The van der Waals surface area contributed by atoms with Crippen LogP contribution >= 0.6 is 0 Å². The summed E-state index contributed by atoms with van der Waals surface area (Å²) in [5.41, 5.74) is 1.23. The average molecular weight is 165 g/mol. The molecule has 66 valence electrons. The Morgan fingerprint density at radius 2 is 2.67 bits per heavy atom. The van der Waals surface area contributed by atoms with Crippen LogP contribution in [0.5, 0.6) is 0 Å². The fraction of sp³-hybridized carbons (Fsp3) is 0.667. The Kier molecular flexibility index (Phi) is 2.13. The lowest BCUT2D eigenvalue weighted by molar-refractivity contribution is 0.0778. The second-order valence-electron chi connectivity index (χ2n) is 3.40. The molecule has 1 aliphatic heterocycles. The third-order valence-electron chi connectivity index (χ3n) is 2.67. The van der Waals surface area contributed by atoms with E-state index in [1.54, 1.807) is 6.33 Å². The molecule has 0 spiro atoms. The van der Waals surface area contributed by atoms with Crippen molar-refractivity contribution in [1.82, 2.24) is 14.9 Å². The fourth-order valence-electron chi connectivity index (χ4n) is 1.75. The van der Waals surface area contributed by atoms with Crippen molar-refractivity contribution in [3.8, 4) is 0 Å². The van der Waals surface area contributed by atoms with Crippen molar-refractivity contribution in [1.29, 1.82) is 0 Å². The molecule has 1 fully saturated rings. The summed E-state index contributed by atoms with van der Waals surface area (Å²) in [5, 5.41) is 0. The van der Waals surface area contributed by atoms with Gasteiger partial charge in [0.15, 0.2) is 0 Å². The zero-order chi connectivity index (χ0) is 8.39.